The fourth-order valence-corrected chi connectivity index (χ4v) is 2.37. The van der Waals surface area contributed by atoms with Gasteiger partial charge in [-0.1, -0.05) is 19.9 Å². The number of nitrogens with zero attached hydrogens (tertiary/aromatic N) is 4. The molecule has 0 N–H and O–H groups in total. The molecule has 0 aliphatic carbocycles. The number of hydrogen-bond donors (Lipinski definition) is 0. The van der Waals surface area contributed by atoms with Crippen LogP contribution < -0.4 is 0 Å². The Kier molecular flexibility index (Phi) is 3.96. The second kappa shape index (κ2) is 6.05. The Bertz CT molecular complexity index is 793. The summed E-state index contributed by atoms with van der Waals surface area (Å²) in [6, 6.07) is 5.86. The van der Waals surface area contributed by atoms with E-state index in [1.165, 1.54) is 6.33 Å². The van der Waals surface area contributed by atoms with Gasteiger partial charge in [0.15, 0.2) is 0 Å². The molecule has 2 aromatic heterocycles. The number of benzene rings is 1. The minimum absolute atomic E-state index is 0.0812. The van der Waals surface area contributed by atoms with Crippen LogP contribution in [0.3, 0.4) is 0 Å². The van der Waals surface area contributed by atoms with Gasteiger partial charge in [0.1, 0.15) is 12.7 Å². The lowest BCUT2D eigenvalue weighted by Crippen LogP contribution is -2.10. The first-order valence-electron chi connectivity index (χ1n) is 7.41. The van der Waals surface area contributed by atoms with Crippen molar-refractivity contribution in [2.24, 2.45) is 5.92 Å². The van der Waals surface area contributed by atoms with Gasteiger partial charge in [0, 0.05) is 24.4 Å². The number of carbonyl (C=O) groups is 1. The Balaban J connectivity index is 1.97. The van der Waals surface area contributed by atoms with Crippen molar-refractivity contribution < 1.29 is 4.79 Å². The molecule has 22 heavy (non-hydrogen) atoms. The summed E-state index contributed by atoms with van der Waals surface area (Å²) in [4.78, 5) is 24.8. The zero-order valence-electron chi connectivity index (χ0n) is 12.7. The summed E-state index contributed by atoms with van der Waals surface area (Å²) in [7, 11) is 0. The fourth-order valence-electron chi connectivity index (χ4n) is 2.37. The first-order chi connectivity index (χ1) is 10.6. The monoisotopic (exact) mass is 294 g/mol. The minimum Gasteiger partial charge on any atom is -0.274 e. The molecular formula is C17H18N4O. The molecule has 0 aliphatic heterocycles. The molecule has 2 heterocycles. The first-order valence-corrected chi connectivity index (χ1v) is 7.41. The standard InChI is InChI=1S/C17H18N4O/c1-12(2)3-6-17(22)21-11-20-15-5-4-13(7-16(15)21)14-8-18-10-19-9-14/h4-5,7-12H,3,6H2,1-2H3. The predicted molar refractivity (Wildman–Crippen MR) is 85.5 cm³/mol. The number of rotatable bonds is 4. The van der Waals surface area contributed by atoms with Crippen LogP contribution in [0.2, 0.25) is 0 Å². The van der Waals surface area contributed by atoms with Crippen LogP contribution in [0.4, 0.5) is 0 Å². The lowest BCUT2D eigenvalue weighted by Gasteiger charge is -2.06. The highest BCUT2D eigenvalue weighted by Crippen LogP contribution is 2.23. The molecule has 0 aliphatic rings. The van der Waals surface area contributed by atoms with Crippen molar-refractivity contribution in [2.45, 2.75) is 26.7 Å². The quantitative estimate of drug-likeness (QED) is 0.738. The fraction of sp³-hybridized carbons (Fsp3) is 0.294. The van der Waals surface area contributed by atoms with E-state index in [1.807, 2.05) is 18.2 Å². The van der Waals surface area contributed by atoms with Crippen LogP contribution in [0.25, 0.3) is 22.2 Å². The van der Waals surface area contributed by atoms with E-state index in [0.717, 1.165) is 28.6 Å². The number of fused-ring (bicyclic) bond motifs is 1. The molecule has 5 heteroatoms. The molecule has 3 rings (SSSR count). The van der Waals surface area contributed by atoms with Gasteiger partial charge in [0.05, 0.1) is 11.0 Å². The van der Waals surface area contributed by atoms with E-state index < -0.39 is 0 Å². The summed E-state index contributed by atoms with van der Waals surface area (Å²) in [6.07, 6.45) is 8.04. The summed E-state index contributed by atoms with van der Waals surface area (Å²) in [5.74, 6) is 0.591. The molecule has 0 fully saturated rings. The maximum atomic E-state index is 12.4. The van der Waals surface area contributed by atoms with Gasteiger partial charge in [-0.15, -0.1) is 0 Å². The normalized spacial score (nSPS) is 11.2. The SMILES string of the molecule is CC(C)CCC(=O)n1cnc2ccc(-c3cncnc3)cc21. The molecule has 0 atom stereocenters. The molecule has 0 unspecified atom stereocenters. The number of aromatic nitrogens is 4. The number of hydrogen-bond acceptors (Lipinski definition) is 4. The van der Waals surface area contributed by atoms with Crippen molar-refractivity contribution in [3.63, 3.8) is 0 Å². The maximum Gasteiger partial charge on any atom is 0.232 e. The first kappa shape index (κ1) is 14.4. The Labute approximate surface area is 129 Å². The summed E-state index contributed by atoms with van der Waals surface area (Å²) in [6.45, 7) is 4.24. The van der Waals surface area contributed by atoms with E-state index in [4.69, 9.17) is 0 Å². The highest BCUT2D eigenvalue weighted by molar-refractivity contribution is 5.92. The van der Waals surface area contributed by atoms with E-state index in [9.17, 15) is 4.79 Å². The maximum absolute atomic E-state index is 12.4. The molecule has 0 saturated carbocycles. The van der Waals surface area contributed by atoms with Gasteiger partial charge in [0.2, 0.25) is 5.91 Å². The average Bonchev–Trinajstić information content (AvgIpc) is 2.96. The Morgan fingerprint density at radius 1 is 1.18 bits per heavy atom. The lowest BCUT2D eigenvalue weighted by molar-refractivity contribution is 0.0900. The number of carbonyl (C=O) groups excluding carboxylic acids is 1. The van der Waals surface area contributed by atoms with Crippen LogP contribution in [0.1, 0.15) is 31.5 Å². The van der Waals surface area contributed by atoms with Crippen LogP contribution in [-0.2, 0) is 0 Å². The van der Waals surface area contributed by atoms with E-state index >= 15 is 0 Å². The summed E-state index contributed by atoms with van der Waals surface area (Å²) < 4.78 is 1.64. The van der Waals surface area contributed by atoms with Gasteiger partial charge in [-0.3, -0.25) is 9.36 Å². The summed E-state index contributed by atoms with van der Waals surface area (Å²) >= 11 is 0. The average molecular weight is 294 g/mol. The van der Waals surface area contributed by atoms with Crippen molar-refractivity contribution in [2.75, 3.05) is 0 Å². The highest BCUT2D eigenvalue weighted by Gasteiger charge is 2.12. The van der Waals surface area contributed by atoms with Crippen molar-refractivity contribution in [1.82, 2.24) is 19.5 Å². The van der Waals surface area contributed by atoms with Gasteiger partial charge < -0.3 is 0 Å². The molecule has 0 spiro atoms. The van der Waals surface area contributed by atoms with Crippen LogP contribution in [0.5, 0.6) is 0 Å². The van der Waals surface area contributed by atoms with Gasteiger partial charge in [-0.25, -0.2) is 15.0 Å². The predicted octanol–water partition coefficient (Wildman–Crippen LogP) is 3.57. The molecule has 0 radical (unpaired) electrons. The van der Waals surface area contributed by atoms with Crippen molar-refractivity contribution in [1.29, 1.82) is 0 Å². The molecule has 5 nitrogen and oxygen atoms in total. The van der Waals surface area contributed by atoms with E-state index in [1.54, 1.807) is 23.3 Å². The smallest absolute Gasteiger partial charge is 0.232 e. The van der Waals surface area contributed by atoms with E-state index in [0.29, 0.717) is 12.3 Å². The molecule has 112 valence electrons. The number of imidazole rings is 1. The van der Waals surface area contributed by atoms with Gasteiger partial charge >= 0.3 is 0 Å². The molecular weight excluding hydrogens is 276 g/mol. The topological polar surface area (TPSA) is 60.7 Å². The van der Waals surface area contributed by atoms with E-state index in [-0.39, 0.29) is 5.91 Å². The van der Waals surface area contributed by atoms with Crippen LogP contribution in [0.15, 0.2) is 43.2 Å². The Hall–Kier alpha value is -2.56. The summed E-state index contributed by atoms with van der Waals surface area (Å²) in [5, 5.41) is 0. The lowest BCUT2D eigenvalue weighted by atomic mass is 10.1. The van der Waals surface area contributed by atoms with Crippen LogP contribution in [-0.4, -0.2) is 25.4 Å². The summed E-state index contributed by atoms with van der Waals surface area (Å²) in [5.41, 5.74) is 3.55. The molecule has 1 aromatic carbocycles. The van der Waals surface area contributed by atoms with Crippen molar-refractivity contribution >= 4 is 16.9 Å². The van der Waals surface area contributed by atoms with Crippen molar-refractivity contribution in [3.8, 4) is 11.1 Å². The Morgan fingerprint density at radius 2 is 1.95 bits per heavy atom. The van der Waals surface area contributed by atoms with Crippen LogP contribution >= 0.6 is 0 Å². The second-order valence-corrected chi connectivity index (χ2v) is 5.77. The van der Waals surface area contributed by atoms with Gasteiger partial charge in [0.25, 0.3) is 0 Å². The van der Waals surface area contributed by atoms with E-state index in [2.05, 4.69) is 28.8 Å². The van der Waals surface area contributed by atoms with Gasteiger partial charge in [-0.05, 0) is 30.0 Å². The zero-order valence-corrected chi connectivity index (χ0v) is 12.7. The third-order valence-electron chi connectivity index (χ3n) is 3.65. The zero-order chi connectivity index (χ0) is 15.5. The second-order valence-electron chi connectivity index (χ2n) is 5.77. The van der Waals surface area contributed by atoms with Gasteiger partial charge in [-0.2, -0.15) is 0 Å². The third kappa shape index (κ3) is 2.88. The molecule has 3 aromatic rings. The Morgan fingerprint density at radius 3 is 2.68 bits per heavy atom. The largest absolute Gasteiger partial charge is 0.274 e. The van der Waals surface area contributed by atoms with Crippen molar-refractivity contribution in [3.05, 3.63) is 43.2 Å². The third-order valence-corrected chi connectivity index (χ3v) is 3.65. The highest BCUT2D eigenvalue weighted by atomic mass is 16.2. The molecule has 0 amide bonds. The molecule has 0 bridgehead atoms. The minimum atomic E-state index is 0.0812. The molecule has 0 saturated heterocycles. The van der Waals surface area contributed by atoms with Crippen LogP contribution in [0, 0.1) is 5.92 Å².